The molecule has 0 saturated carbocycles. The summed E-state index contributed by atoms with van der Waals surface area (Å²) in [6.45, 7) is 0. The third-order valence-electron chi connectivity index (χ3n) is 1.49. The summed E-state index contributed by atoms with van der Waals surface area (Å²) in [5, 5.41) is 4.86. The van der Waals surface area contributed by atoms with Crippen LogP contribution in [-0.4, -0.2) is 19.1 Å². The molecule has 0 radical (unpaired) electrons. The molecule has 0 fully saturated rings. The molecule has 0 aromatic heterocycles. The second-order valence-electron chi connectivity index (χ2n) is 2.88. The fourth-order valence-corrected chi connectivity index (χ4v) is 2.11. The van der Waals surface area contributed by atoms with Crippen molar-refractivity contribution in [2.75, 3.05) is 14.1 Å². The molecule has 0 spiro atoms. The molecule has 0 aliphatic carbocycles. The molecule has 1 aliphatic heterocycles. The van der Waals surface area contributed by atoms with Crippen LogP contribution in [0.3, 0.4) is 0 Å². The lowest BCUT2D eigenvalue weighted by Crippen LogP contribution is -2.27. The summed E-state index contributed by atoms with van der Waals surface area (Å²) < 4.78 is 11.0. The molecular weight excluding hydrogens is 187 g/mol. The first-order valence-electron chi connectivity index (χ1n) is 3.94. The van der Waals surface area contributed by atoms with Gasteiger partial charge in [0.2, 0.25) is 0 Å². The van der Waals surface area contributed by atoms with Crippen LogP contribution in [0.4, 0.5) is 0 Å². The quantitative estimate of drug-likeness (QED) is 0.579. The summed E-state index contributed by atoms with van der Waals surface area (Å²) in [5.74, 6) is 1.62. The first-order chi connectivity index (χ1) is 6.25. The predicted octanol–water partition coefficient (Wildman–Crippen LogP) is 1.75. The van der Waals surface area contributed by atoms with E-state index in [-0.39, 0.29) is 0 Å². The van der Waals surface area contributed by atoms with E-state index in [2.05, 4.69) is 5.20 Å². The largest absolute Gasteiger partial charge is 0.422 e. The van der Waals surface area contributed by atoms with E-state index < -0.39 is 8.53 Å². The normalized spacial score (nSPS) is 15.3. The van der Waals surface area contributed by atoms with Crippen molar-refractivity contribution in [2.45, 2.75) is 0 Å². The van der Waals surface area contributed by atoms with Crippen molar-refractivity contribution in [3.05, 3.63) is 24.3 Å². The van der Waals surface area contributed by atoms with Crippen LogP contribution in [-0.2, 0) is 0 Å². The Morgan fingerprint density at radius 3 is 2.15 bits per heavy atom. The van der Waals surface area contributed by atoms with Crippen LogP contribution in [0.25, 0.3) is 0 Å². The zero-order valence-corrected chi connectivity index (χ0v) is 8.41. The number of para-hydroxylation sites is 2. The standard InChI is InChI=1S/C8H11N2O2P/c1-10(2)9-13-11-7-5-3-4-6-8(7)12-13/h3-6,9H,1-2H3. The summed E-state index contributed by atoms with van der Waals surface area (Å²) >= 11 is 0. The monoisotopic (exact) mass is 198 g/mol. The highest BCUT2D eigenvalue weighted by molar-refractivity contribution is 7.46. The van der Waals surface area contributed by atoms with Gasteiger partial charge in [0.1, 0.15) is 0 Å². The smallest absolute Gasteiger partial charge is 0.396 e. The average molecular weight is 198 g/mol. The number of hydrogen-bond donors (Lipinski definition) is 1. The fourth-order valence-electron chi connectivity index (χ4n) is 1.00. The zero-order chi connectivity index (χ0) is 9.26. The fraction of sp³-hybridized carbons (Fsp3) is 0.250. The maximum Gasteiger partial charge on any atom is 0.396 e. The Balaban J connectivity index is 2.05. The Hall–Kier alpha value is -0.830. The molecule has 70 valence electrons. The van der Waals surface area contributed by atoms with Gasteiger partial charge in [-0.2, -0.15) is 5.20 Å². The molecule has 1 heterocycles. The molecule has 0 bridgehead atoms. The van der Waals surface area contributed by atoms with Crippen LogP contribution < -0.4 is 14.2 Å². The molecule has 1 aliphatic rings. The van der Waals surface area contributed by atoms with Gasteiger partial charge < -0.3 is 9.05 Å². The minimum absolute atomic E-state index is 0.808. The van der Waals surface area contributed by atoms with Gasteiger partial charge in [-0.25, -0.2) is 5.01 Å². The van der Waals surface area contributed by atoms with Crippen molar-refractivity contribution in [2.24, 2.45) is 0 Å². The molecule has 13 heavy (non-hydrogen) atoms. The van der Waals surface area contributed by atoms with Crippen LogP contribution in [0.2, 0.25) is 0 Å². The van der Waals surface area contributed by atoms with Crippen LogP contribution in [0, 0.1) is 0 Å². The van der Waals surface area contributed by atoms with Gasteiger partial charge in [-0.1, -0.05) is 12.1 Å². The number of hydrogen-bond acceptors (Lipinski definition) is 4. The lowest BCUT2D eigenvalue weighted by atomic mass is 10.3. The third-order valence-corrected chi connectivity index (χ3v) is 2.78. The van der Waals surface area contributed by atoms with Gasteiger partial charge in [0.15, 0.2) is 11.5 Å². The second kappa shape index (κ2) is 3.50. The van der Waals surface area contributed by atoms with Gasteiger partial charge in [0.05, 0.1) is 0 Å². The van der Waals surface area contributed by atoms with Gasteiger partial charge in [-0.15, -0.1) is 0 Å². The molecule has 1 N–H and O–H groups in total. The number of nitrogens with one attached hydrogen (secondary N) is 1. The molecule has 0 saturated heterocycles. The van der Waals surface area contributed by atoms with E-state index in [9.17, 15) is 0 Å². The van der Waals surface area contributed by atoms with Crippen molar-refractivity contribution in [1.82, 2.24) is 10.2 Å². The van der Waals surface area contributed by atoms with Crippen molar-refractivity contribution in [3.8, 4) is 11.5 Å². The summed E-state index contributed by atoms with van der Waals surface area (Å²) in [7, 11) is 2.77. The number of fused-ring (bicyclic) bond motifs is 1. The topological polar surface area (TPSA) is 33.7 Å². The van der Waals surface area contributed by atoms with Crippen molar-refractivity contribution in [1.29, 1.82) is 0 Å². The lowest BCUT2D eigenvalue weighted by Gasteiger charge is -2.14. The van der Waals surface area contributed by atoms with E-state index in [1.54, 1.807) is 0 Å². The summed E-state index contributed by atoms with van der Waals surface area (Å²) in [6, 6.07) is 7.65. The lowest BCUT2D eigenvalue weighted by molar-refractivity contribution is 0.348. The van der Waals surface area contributed by atoms with E-state index in [4.69, 9.17) is 9.05 Å². The van der Waals surface area contributed by atoms with Crippen LogP contribution in [0.1, 0.15) is 0 Å². The van der Waals surface area contributed by atoms with Crippen molar-refractivity contribution < 1.29 is 9.05 Å². The van der Waals surface area contributed by atoms with Crippen LogP contribution >= 0.6 is 8.53 Å². The molecule has 0 amide bonds. The van der Waals surface area contributed by atoms with Crippen LogP contribution in [0.5, 0.6) is 11.5 Å². The Bertz CT molecular complexity index is 281. The summed E-state index contributed by atoms with van der Waals surface area (Å²) in [5.41, 5.74) is 0. The first kappa shape index (κ1) is 8.75. The Morgan fingerprint density at radius 1 is 1.15 bits per heavy atom. The van der Waals surface area contributed by atoms with E-state index in [1.807, 2.05) is 43.4 Å². The minimum Gasteiger partial charge on any atom is -0.422 e. The molecule has 1 aromatic carbocycles. The number of nitrogens with zero attached hydrogens (tertiary/aromatic N) is 1. The van der Waals surface area contributed by atoms with Gasteiger partial charge >= 0.3 is 8.53 Å². The van der Waals surface area contributed by atoms with Crippen LogP contribution in [0.15, 0.2) is 24.3 Å². The molecular formula is C8H11N2O2P. The average Bonchev–Trinajstić information content (AvgIpc) is 2.44. The Kier molecular flexibility index (Phi) is 2.36. The molecule has 2 rings (SSSR count). The zero-order valence-electron chi connectivity index (χ0n) is 7.52. The van der Waals surface area contributed by atoms with E-state index in [0.717, 1.165) is 11.5 Å². The third kappa shape index (κ3) is 1.91. The van der Waals surface area contributed by atoms with E-state index in [0.29, 0.717) is 0 Å². The maximum absolute atomic E-state index is 5.51. The van der Waals surface area contributed by atoms with Gasteiger partial charge in [-0.3, -0.25) is 0 Å². The molecule has 0 unspecified atom stereocenters. The Morgan fingerprint density at radius 2 is 1.69 bits per heavy atom. The van der Waals surface area contributed by atoms with Crippen molar-refractivity contribution >= 4 is 8.53 Å². The highest BCUT2D eigenvalue weighted by atomic mass is 31.2. The minimum atomic E-state index is -1.04. The van der Waals surface area contributed by atoms with Gasteiger partial charge in [-0.05, 0) is 12.1 Å². The van der Waals surface area contributed by atoms with E-state index in [1.165, 1.54) is 0 Å². The van der Waals surface area contributed by atoms with E-state index >= 15 is 0 Å². The number of rotatable bonds is 2. The number of benzene rings is 1. The highest BCUT2D eigenvalue weighted by Gasteiger charge is 2.25. The summed E-state index contributed by atoms with van der Waals surface area (Å²) in [4.78, 5) is 0. The SMILES string of the molecule is CN(C)NP1Oc2ccccc2O1. The summed E-state index contributed by atoms with van der Waals surface area (Å²) in [6.07, 6.45) is 0. The van der Waals surface area contributed by atoms with Gasteiger partial charge in [0, 0.05) is 14.1 Å². The molecule has 4 nitrogen and oxygen atoms in total. The van der Waals surface area contributed by atoms with Crippen molar-refractivity contribution in [3.63, 3.8) is 0 Å². The second-order valence-corrected chi connectivity index (χ2v) is 3.96. The predicted molar refractivity (Wildman–Crippen MR) is 51.4 cm³/mol. The Labute approximate surface area is 78.4 Å². The first-order valence-corrected chi connectivity index (χ1v) is 5.12. The highest BCUT2D eigenvalue weighted by Crippen LogP contribution is 2.49. The maximum atomic E-state index is 5.51. The number of hydrazine groups is 1. The molecule has 0 atom stereocenters. The molecule has 1 aromatic rings. The van der Waals surface area contributed by atoms with Gasteiger partial charge in [0.25, 0.3) is 0 Å². The molecule has 5 heteroatoms.